The van der Waals surface area contributed by atoms with Gasteiger partial charge >= 0.3 is 0 Å². The lowest BCUT2D eigenvalue weighted by Crippen LogP contribution is -2.19. The van der Waals surface area contributed by atoms with Gasteiger partial charge in [0.15, 0.2) is 0 Å². The molecule has 2 rings (SSSR count). The number of rotatable bonds is 4. The van der Waals surface area contributed by atoms with E-state index >= 15 is 0 Å². The van der Waals surface area contributed by atoms with E-state index in [4.69, 9.17) is 17.3 Å². The molecule has 7 heteroatoms. The highest BCUT2D eigenvalue weighted by atomic mass is 35.5. The number of benzene rings is 1. The SMILES string of the molecule is CCn1ncc(N)c1C(=O)Nc1ccc(N(C)C)c(Cl)c1. The highest BCUT2D eigenvalue weighted by Crippen LogP contribution is 2.27. The summed E-state index contributed by atoms with van der Waals surface area (Å²) in [4.78, 5) is 14.2. The molecule has 1 amide bonds. The standard InChI is InChI=1S/C14H18ClN5O/c1-4-20-13(11(16)8-17-20)14(21)18-9-5-6-12(19(2)3)10(15)7-9/h5-8H,4,16H2,1-3H3,(H,18,21). The molecular formula is C14H18ClN5O. The average molecular weight is 308 g/mol. The second-order valence-corrected chi connectivity index (χ2v) is 5.19. The number of anilines is 3. The van der Waals surface area contributed by atoms with Gasteiger partial charge in [-0.05, 0) is 25.1 Å². The van der Waals surface area contributed by atoms with Crippen molar-refractivity contribution >= 4 is 34.6 Å². The lowest BCUT2D eigenvalue weighted by atomic mass is 10.2. The van der Waals surface area contributed by atoms with Crippen molar-refractivity contribution in [2.75, 3.05) is 30.0 Å². The Morgan fingerprint density at radius 3 is 2.76 bits per heavy atom. The van der Waals surface area contributed by atoms with Gasteiger partial charge in [0, 0.05) is 26.3 Å². The molecule has 0 saturated heterocycles. The van der Waals surface area contributed by atoms with Crippen LogP contribution in [0.2, 0.25) is 5.02 Å². The maximum Gasteiger partial charge on any atom is 0.276 e. The van der Waals surface area contributed by atoms with Gasteiger partial charge in [-0.3, -0.25) is 9.48 Å². The average Bonchev–Trinajstić information content (AvgIpc) is 2.79. The predicted molar refractivity (Wildman–Crippen MR) is 86.0 cm³/mol. The van der Waals surface area contributed by atoms with E-state index in [0.717, 1.165) is 5.69 Å². The van der Waals surface area contributed by atoms with Crippen molar-refractivity contribution < 1.29 is 4.79 Å². The first kappa shape index (κ1) is 15.2. The largest absolute Gasteiger partial charge is 0.396 e. The Labute approximate surface area is 128 Å². The first-order valence-electron chi connectivity index (χ1n) is 6.53. The van der Waals surface area contributed by atoms with Crippen LogP contribution in [-0.4, -0.2) is 29.8 Å². The molecule has 0 aliphatic rings. The van der Waals surface area contributed by atoms with E-state index in [1.165, 1.54) is 6.20 Å². The Morgan fingerprint density at radius 2 is 2.19 bits per heavy atom. The Morgan fingerprint density at radius 1 is 1.48 bits per heavy atom. The van der Waals surface area contributed by atoms with Crippen LogP contribution in [0.15, 0.2) is 24.4 Å². The Bertz CT molecular complexity index is 665. The summed E-state index contributed by atoms with van der Waals surface area (Å²) in [6.07, 6.45) is 1.47. The Balaban J connectivity index is 2.24. The highest BCUT2D eigenvalue weighted by Gasteiger charge is 2.16. The fourth-order valence-electron chi connectivity index (χ4n) is 2.03. The molecule has 0 spiro atoms. The van der Waals surface area contributed by atoms with Crippen molar-refractivity contribution in [3.05, 3.63) is 35.1 Å². The lowest BCUT2D eigenvalue weighted by Gasteiger charge is -2.15. The van der Waals surface area contributed by atoms with E-state index < -0.39 is 0 Å². The molecule has 3 N–H and O–H groups in total. The van der Waals surface area contributed by atoms with E-state index in [1.807, 2.05) is 32.0 Å². The molecule has 0 saturated carbocycles. The number of hydrogen-bond donors (Lipinski definition) is 2. The summed E-state index contributed by atoms with van der Waals surface area (Å²) < 4.78 is 1.56. The molecule has 2 aromatic rings. The van der Waals surface area contributed by atoms with E-state index in [9.17, 15) is 4.79 Å². The second kappa shape index (κ2) is 6.05. The minimum Gasteiger partial charge on any atom is -0.396 e. The first-order chi connectivity index (χ1) is 9.93. The van der Waals surface area contributed by atoms with Crippen LogP contribution in [0, 0.1) is 0 Å². The molecule has 0 aliphatic heterocycles. The van der Waals surface area contributed by atoms with Crippen molar-refractivity contribution in [2.45, 2.75) is 13.5 Å². The van der Waals surface area contributed by atoms with Crippen LogP contribution in [0.25, 0.3) is 0 Å². The zero-order chi connectivity index (χ0) is 15.6. The number of aryl methyl sites for hydroxylation is 1. The monoisotopic (exact) mass is 307 g/mol. The van der Waals surface area contributed by atoms with Crippen molar-refractivity contribution in [1.29, 1.82) is 0 Å². The maximum atomic E-state index is 12.3. The normalized spacial score (nSPS) is 10.5. The van der Waals surface area contributed by atoms with Gasteiger partial charge in [0.2, 0.25) is 0 Å². The number of halogens is 1. The van der Waals surface area contributed by atoms with Crippen LogP contribution in [0.5, 0.6) is 0 Å². The van der Waals surface area contributed by atoms with E-state index in [0.29, 0.717) is 28.6 Å². The lowest BCUT2D eigenvalue weighted by molar-refractivity contribution is 0.101. The molecule has 1 aromatic carbocycles. The van der Waals surface area contributed by atoms with Crippen LogP contribution < -0.4 is 16.0 Å². The van der Waals surface area contributed by atoms with E-state index in [2.05, 4.69) is 10.4 Å². The minimum absolute atomic E-state index is 0.305. The Kier molecular flexibility index (Phi) is 4.37. The third-order valence-corrected chi connectivity index (χ3v) is 3.37. The van der Waals surface area contributed by atoms with Gasteiger partial charge in [0.25, 0.3) is 5.91 Å². The molecule has 6 nitrogen and oxygen atoms in total. The molecule has 1 heterocycles. The molecule has 0 unspecified atom stereocenters. The summed E-state index contributed by atoms with van der Waals surface area (Å²) in [6, 6.07) is 5.35. The quantitative estimate of drug-likeness (QED) is 0.909. The number of carbonyl (C=O) groups excluding carboxylic acids is 1. The maximum absolute atomic E-state index is 12.3. The topological polar surface area (TPSA) is 76.2 Å². The van der Waals surface area contributed by atoms with Crippen LogP contribution in [-0.2, 0) is 6.54 Å². The van der Waals surface area contributed by atoms with Gasteiger partial charge < -0.3 is 16.0 Å². The molecule has 21 heavy (non-hydrogen) atoms. The van der Waals surface area contributed by atoms with Crippen LogP contribution in [0.1, 0.15) is 17.4 Å². The van der Waals surface area contributed by atoms with Crippen molar-refractivity contribution in [3.8, 4) is 0 Å². The van der Waals surface area contributed by atoms with Crippen molar-refractivity contribution in [3.63, 3.8) is 0 Å². The van der Waals surface area contributed by atoms with Gasteiger partial charge in [-0.15, -0.1) is 0 Å². The van der Waals surface area contributed by atoms with Crippen LogP contribution >= 0.6 is 11.6 Å². The third-order valence-electron chi connectivity index (χ3n) is 3.07. The molecule has 0 aliphatic carbocycles. The third kappa shape index (κ3) is 3.11. The van der Waals surface area contributed by atoms with Crippen LogP contribution in [0.3, 0.4) is 0 Å². The number of nitrogen functional groups attached to an aromatic ring is 1. The fraction of sp³-hybridized carbons (Fsp3) is 0.286. The second-order valence-electron chi connectivity index (χ2n) is 4.78. The number of hydrogen-bond acceptors (Lipinski definition) is 4. The number of carbonyl (C=O) groups is 1. The molecule has 0 atom stereocenters. The van der Waals surface area contributed by atoms with Gasteiger partial charge in [-0.1, -0.05) is 11.6 Å². The van der Waals surface area contributed by atoms with Gasteiger partial charge in [0.1, 0.15) is 5.69 Å². The van der Waals surface area contributed by atoms with E-state index in [1.54, 1.807) is 16.8 Å². The number of nitrogens with one attached hydrogen (secondary N) is 1. The zero-order valence-electron chi connectivity index (χ0n) is 12.2. The predicted octanol–water partition coefficient (Wildman–Crippen LogP) is 2.46. The molecule has 0 radical (unpaired) electrons. The summed E-state index contributed by atoms with van der Waals surface area (Å²) in [5.74, 6) is -0.305. The fourth-order valence-corrected chi connectivity index (χ4v) is 2.38. The number of amides is 1. The number of nitrogens with two attached hydrogens (primary N) is 1. The summed E-state index contributed by atoms with van der Waals surface area (Å²) in [5.41, 5.74) is 7.98. The van der Waals surface area contributed by atoms with Crippen LogP contribution in [0.4, 0.5) is 17.1 Å². The molecule has 1 aromatic heterocycles. The summed E-state index contributed by atoms with van der Waals surface area (Å²) >= 11 is 6.19. The summed E-state index contributed by atoms with van der Waals surface area (Å²) in [7, 11) is 3.81. The van der Waals surface area contributed by atoms with E-state index in [-0.39, 0.29) is 5.91 Å². The highest BCUT2D eigenvalue weighted by molar-refractivity contribution is 6.33. The molecular weight excluding hydrogens is 290 g/mol. The minimum atomic E-state index is -0.305. The van der Waals surface area contributed by atoms with Crippen molar-refractivity contribution in [2.24, 2.45) is 0 Å². The first-order valence-corrected chi connectivity index (χ1v) is 6.91. The summed E-state index contributed by atoms with van der Waals surface area (Å²) in [6.45, 7) is 2.46. The molecule has 112 valence electrons. The number of aromatic nitrogens is 2. The zero-order valence-corrected chi connectivity index (χ0v) is 13.0. The van der Waals surface area contributed by atoms with Gasteiger partial charge in [0.05, 0.1) is 22.6 Å². The summed E-state index contributed by atoms with van der Waals surface area (Å²) in [5, 5.41) is 7.40. The smallest absolute Gasteiger partial charge is 0.276 e. The molecule has 0 bridgehead atoms. The van der Waals surface area contributed by atoms with Gasteiger partial charge in [-0.2, -0.15) is 5.10 Å². The number of nitrogens with zero attached hydrogens (tertiary/aromatic N) is 3. The molecule has 0 fully saturated rings. The van der Waals surface area contributed by atoms with Crippen molar-refractivity contribution in [1.82, 2.24) is 9.78 Å². The van der Waals surface area contributed by atoms with Gasteiger partial charge in [-0.25, -0.2) is 0 Å². The Hall–Kier alpha value is -2.21.